The van der Waals surface area contributed by atoms with Crippen molar-refractivity contribution in [1.82, 2.24) is 5.32 Å². The molecule has 162 valence electrons. The first-order chi connectivity index (χ1) is 15.0. The van der Waals surface area contributed by atoms with Crippen molar-refractivity contribution in [3.63, 3.8) is 0 Å². The maximum atomic E-state index is 13.0. The van der Waals surface area contributed by atoms with Gasteiger partial charge in [-0.25, -0.2) is 8.42 Å². The molecule has 1 amide bonds. The van der Waals surface area contributed by atoms with Crippen LogP contribution in [-0.2, 0) is 16.4 Å². The number of carbonyl (C=O) groups excluding carboxylic acids is 1. The quantitative estimate of drug-likeness (QED) is 0.550. The molecule has 7 heteroatoms. The van der Waals surface area contributed by atoms with Gasteiger partial charge < -0.3 is 10.1 Å². The third-order valence-corrected chi connectivity index (χ3v) is 6.81. The van der Waals surface area contributed by atoms with Gasteiger partial charge in [-0.1, -0.05) is 30.3 Å². The fourth-order valence-corrected chi connectivity index (χ4v) is 4.68. The predicted octanol–water partition coefficient (Wildman–Crippen LogP) is 3.88. The third-order valence-electron chi connectivity index (χ3n) is 4.89. The van der Waals surface area contributed by atoms with E-state index in [0.717, 1.165) is 11.3 Å². The summed E-state index contributed by atoms with van der Waals surface area (Å²) in [5, 5.41) is 2.86. The summed E-state index contributed by atoms with van der Waals surface area (Å²) < 4.78 is 32.6. The second kappa shape index (κ2) is 10.1. The molecule has 0 radical (unpaired) electrons. The molecule has 0 atom stereocenters. The second-order valence-corrected chi connectivity index (χ2v) is 8.75. The lowest BCUT2D eigenvalue weighted by Crippen LogP contribution is -2.31. The van der Waals surface area contributed by atoms with Crippen molar-refractivity contribution in [3.8, 4) is 5.75 Å². The Hall–Kier alpha value is -3.32. The molecule has 0 aliphatic rings. The molecular formula is C24H26N2O4S. The van der Waals surface area contributed by atoms with Crippen molar-refractivity contribution in [2.75, 3.05) is 24.5 Å². The van der Waals surface area contributed by atoms with Crippen molar-refractivity contribution in [3.05, 3.63) is 90.0 Å². The molecule has 0 saturated heterocycles. The van der Waals surface area contributed by atoms with E-state index in [-0.39, 0.29) is 10.8 Å². The van der Waals surface area contributed by atoms with E-state index >= 15 is 0 Å². The number of carbonyl (C=O) groups is 1. The van der Waals surface area contributed by atoms with Crippen LogP contribution in [0.15, 0.2) is 83.8 Å². The van der Waals surface area contributed by atoms with Gasteiger partial charge in [0.15, 0.2) is 0 Å². The molecule has 0 unspecified atom stereocenters. The number of para-hydroxylation sites is 1. The molecule has 0 aromatic heterocycles. The van der Waals surface area contributed by atoms with E-state index in [0.29, 0.717) is 30.8 Å². The highest BCUT2D eigenvalue weighted by Gasteiger charge is 2.23. The van der Waals surface area contributed by atoms with Crippen molar-refractivity contribution in [2.24, 2.45) is 0 Å². The van der Waals surface area contributed by atoms with E-state index in [1.807, 2.05) is 30.3 Å². The number of methoxy groups -OCH3 is 1. The van der Waals surface area contributed by atoms with E-state index < -0.39 is 10.0 Å². The summed E-state index contributed by atoms with van der Waals surface area (Å²) in [6.07, 6.45) is 0.685. The second-order valence-electron chi connectivity index (χ2n) is 6.88. The van der Waals surface area contributed by atoms with Gasteiger partial charge in [0, 0.05) is 18.7 Å². The van der Waals surface area contributed by atoms with Crippen LogP contribution in [0.4, 0.5) is 5.69 Å². The molecule has 3 aromatic rings. The number of amides is 1. The van der Waals surface area contributed by atoms with Crippen molar-refractivity contribution >= 4 is 21.6 Å². The van der Waals surface area contributed by atoms with E-state index in [4.69, 9.17) is 4.74 Å². The van der Waals surface area contributed by atoms with E-state index in [1.165, 1.54) is 28.6 Å². The van der Waals surface area contributed by atoms with Crippen LogP contribution in [0.1, 0.15) is 22.8 Å². The molecule has 1 N–H and O–H groups in total. The largest absolute Gasteiger partial charge is 0.497 e. The first kappa shape index (κ1) is 22.4. The van der Waals surface area contributed by atoms with Crippen LogP contribution in [0, 0.1) is 0 Å². The summed E-state index contributed by atoms with van der Waals surface area (Å²) in [5.74, 6) is 0.546. The normalized spacial score (nSPS) is 11.0. The van der Waals surface area contributed by atoms with Gasteiger partial charge in [0.2, 0.25) is 0 Å². The van der Waals surface area contributed by atoms with Gasteiger partial charge in [-0.3, -0.25) is 9.10 Å². The molecule has 0 spiro atoms. The molecule has 0 saturated carbocycles. The molecule has 0 aliphatic heterocycles. The Bertz CT molecular complexity index is 1100. The predicted molar refractivity (Wildman–Crippen MR) is 122 cm³/mol. The van der Waals surface area contributed by atoms with Gasteiger partial charge >= 0.3 is 0 Å². The summed E-state index contributed by atoms with van der Waals surface area (Å²) in [5.41, 5.74) is 2.10. The molecule has 3 rings (SSSR count). The number of ether oxygens (including phenoxy) is 1. The number of anilines is 1. The molecule has 0 aliphatic carbocycles. The smallest absolute Gasteiger partial charge is 0.264 e. The topological polar surface area (TPSA) is 75.7 Å². The average Bonchev–Trinajstić information content (AvgIpc) is 2.80. The number of hydrogen-bond donors (Lipinski definition) is 1. The van der Waals surface area contributed by atoms with Crippen LogP contribution in [0.2, 0.25) is 0 Å². The van der Waals surface area contributed by atoms with Gasteiger partial charge in [0.1, 0.15) is 5.75 Å². The highest BCUT2D eigenvalue weighted by atomic mass is 32.2. The lowest BCUT2D eigenvalue weighted by Gasteiger charge is -2.23. The number of rotatable bonds is 9. The first-order valence-electron chi connectivity index (χ1n) is 10.0. The van der Waals surface area contributed by atoms with Crippen molar-refractivity contribution in [1.29, 1.82) is 0 Å². The van der Waals surface area contributed by atoms with Gasteiger partial charge in [0.05, 0.1) is 17.7 Å². The van der Waals surface area contributed by atoms with E-state index in [1.54, 1.807) is 38.3 Å². The first-order valence-corrected chi connectivity index (χ1v) is 11.5. The minimum absolute atomic E-state index is 0.146. The molecule has 0 heterocycles. The molecule has 0 bridgehead atoms. The van der Waals surface area contributed by atoms with Gasteiger partial charge in [-0.05, 0) is 67.4 Å². The number of benzene rings is 3. The Morgan fingerprint density at radius 2 is 1.58 bits per heavy atom. The number of nitrogens with one attached hydrogen (secondary N) is 1. The maximum Gasteiger partial charge on any atom is 0.264 e. The lowest BCUT2D eigenvalue weighted by atomic mass is 10.1. The van der Waals surface area contributed by atoms with Crippen LogP contribution in [-0.4, -0.2) is 34.5 Å². The fourth-order valence-electron chi connectivity index (χ4n) is 3.21. The van der Waals surface area contributed by atoms with Gasteiger partial charge in [0.25, 0.3) is 15.9 Å². The minimum atomic E-state index is -3.71. The Morgan fingerprint density at radius 1 is 0.935 bits per heavy atom. The highest BCUT2D eigenvalue weighted by Crippen LogP contribution is 2.23. The van der Waals surface area contributed by atoms with Crippen LogP contribution < -0.4 is 14.4 Å². The van der Waals surface area contributed by atoms with Crippen LogP contribution >= 0.6 is 0 Å². The summed E-state index contributed by atoms with van der Waals surface area (Å²) in [6, 6.07) is 22.6. The third kappa shape index (κ3) is 5.44. The molecule has 6 nitrogen and oxygen atoms in total. The fraction of sp³-hybridized carbons (Fsp3) is 0.208. The SMILES string of the molecule is CCN(c1ccccc1)S(=O)(=O)c1ccc(C(=O)NCCc2ccc(OC)cc2)cc1. The number of hydrogen-bond acceptors (Lipinski definition) is 4. The zero-order chi connectivity index (χ0) is 22.3. The molecular weight excluding hydrogens is 412 g/mol. The monoisotopic (exact) mass is 438 g/mol. The number of sulfonamides is 1. The van der Waals surface area contributed by atoms with Crippen molar-refractivity contribution in [2.45, 2.75) is 18.2 Å². The summed E-state index contributed by atoms with van der Waals surface area (Å²) in [4.78, 5) is 12.6. The molecule has 31 heavy (non-hydrogen) atoms. The summed E-state index contributed by atoms with van der Waals surface area (Å²) in [7, 11) is -2.10. The standard InChI is InChI=1S/C24H26N2O4S/c1-3-26(21-7-5-4-6-8-21)31(28,29)23-15-11-20(12-16-23)24(27)25-18-17-19-9-13-22(30-2)14-10-19/h4-16H,3,17-18H2,1-2H3,(H,25,27). The average molecular weight is 439 g/mol. The van der Waals surface area contributed by atoms with Crippen molar-refractivity contribution < 1.29 is 17.9 Å². The van der Waals surface area contributed by atoms with Crippen LogP contribution in [0.25, 0.3) is 0 Å². The molecule has 3 aromatic carbocycles. The van der Waals surface area contributed by atoms with Gasteiger partial charge in [-0.15, -0.1) is 0 Å². The van der Waals surface area contributed by atoms with Gasteiger partial charge in [-0.2, -0.15) is 0 Å². The zero-order valence-electron chi connectivity index (χ0n) is 17.6. The molecule has 0 fully saturated rings. The Labute approximate surface area is 183 Å². The lowest BCUT2D eigenvalue weighted by molar-refractivity contribution is 0.0954. The summed E-state index contributed by atoms with van der Waals surface area (Å²) in [6.45, 7) is 2.57. The Kier molecular flexibility index (Phi) is 7.31. The Morgan fingerprint density at radius 3 is 2.16 bits per heavy atom. The van der Waals surface area contributed by atoms with Crippen LogP contribution in [0.5, 0.6) is 5.75 Å². The summed E-state index contributed by atoms with van der Waals surface area (Å²) >= 11 is 0. The Balaban J connectivity index is 1.63. The zero-order valence-corrected chi connectivity index (χ0v) is 18.4. The van der Waals surface area contributed by atoms with E-state index in [2.05, 4.69) is 5.32 Å². The number of nitrogens with zero attached hydrogens (tertiary/aromatic N) is 1. The van der Waals surface area contributed by atoms with E-state index in [9.17, 15) is 13.2 Å². The van der Waals surface area contributed by atoms with Crippen LogP contribution in [0.3, 0.4) is 0 Å². The maximum absolute atomic E-state index is 13.0. The minimum Gasteiger partial charge on any atom is -0.497 e. The highest BCUT2D eigenvalue weighted by molar-refractivity contribution is 7.92.